The van der Waals surface area contributed by atoms with Crippen molar-refractivity contribution in [1.29, 1.82) is 0 Å². The molecule has 1 rings (SSSR count). The molecule has 4 heteroatoms. The maximum absolute atomic E-state index is 13.6. The smallest absolute Gasteiger partial charge is 0.160 e. The van der Waals surface area contributed by atoms with E-state index in [4.69, 9.17) is 5.73 Å². The Balaban J connectivity index is 3.04. The SMILES string of the molecule is CC(C)Nc1ccc(CN)c(Br)c1F. The van der Waals surface area contributed by atoms with E-state index >= 15 is 0 Å². The molecule has 0 heterocycles. The van der Waals surface area contributed by atoms with Crippen LogP contribution in [-0.2, 0) is 6.54 Å². The third kappa shape index (κ3) is 2.45. The van der Waals surface area contributed by atoms with E-state index in [1.54, 1.807) is 6.07 Å². The van der Waals surface area contributed by atoms with Gasteiger partial charge in [-0.3, -0.25) is 0 Å². The number of benzene rings is 1. The molecular formula is C10H14BrFN2. The molecule has 0 saturated heterocycles. The van der Waals surface area contributed by atoms with Gasteiger partial charge in [-0.15, -0.1) is 0 Å². The van der Waals surface area contributed by atoms with Crippen molar-refractivity contribution in [3.63, 3.8) is 0 Å². The maximum atomic E-state index is 13.6. The first kappa shape index (κ1) is 11.5. The molecule has 0 amide bonds. The van der Waals surface area contributed by atoms with Crippen LogP contribution in [0, 0.1) is 5.82 Å². The molecule has 0 unspecified atom stereocenters. The minimum absolute atomic E-state index is 0.208. The molecular weight excluding hydrogens is 247 g/mol. The second kappa shape index (κ2) is 4.75. The van der Waals surface area contributed by atoms with E-state index in [1.807, 2.05) is 19.9 Å². The van der Waals surface area contributed by atoms with Crippen molar-refractivity contribution < 1.29 is 4.39 Å². The van der Waals surface area contributed by atoms with Gasteiger partial charge in [0.15, 0.2) is 5.82 Å². The first-order chi connectivity index (χ1) is 6.56. The van der Waals surface area contributed by atoms with Gasteiger partial charge in [0.2, 0.25) is 0 Å². The summed E-state index contributed by atoms with van der Waals surface area (Å²) in [5, 5.41) is 3.02. The first-order valence-electron chi connectivity index (χ1n) is 4.49. The Morgan fingerprint density at radius 3 is 2.64 bits per heavy atom. The van der Waals surface area contributed by atoms with Crippen LogP contribution in [0.3, 0.4) is 0 Å². The maximum Gasteiger partial charge on any atom is 0.160 e. The Bertz CT molecular complexity index is 326. The number of hydrogen-bond acceptors (Lipinski definition) is 2. The number of nitrogens with one attached hydrogen (secondary N) is 1. The van der Waals surface area contributed by atoms with Gasteiger partial charge in [0, 0.05) is 12.6 Å². The zero-order chi connectivity index (χ0) is 10.7. The van der Waals surface area contributed by atoms with E-state index in [-0.39, 0.29) is 11.9 Å². The van der Waals surface area contributed by atoms with Crippen molar-refractivity contribution in [2.24, 2.45) is 5.73 Å². The number of rotatable bonds is 3. The average molecular weight is 261 g/mol. The van der Waals surface area contributed by atoms with Crippen molar-refractivity contribution in [2.45, 2.75) is 26.4 Å². The first-order valence-corrected chi connectivity index (χ1v) is 5.29. The minimum atomic E-state index is -0.276. The Hall–Kier alpha value is -0.610. The van der Waals surface area contributed by atoms with Crippen LogP contribution < -0.4 is 11.1 Å². The molecule has 2 nitrogen and oxygen atoms in total. The van der Waals surface area contributed by atoms with Gasteiger partial charge in [0.05, 0.1) is 10.2 Å². The van der Waals surface area contributed by atoms with E-state index in [0.29, 0.717) is 16.7 Å². The Morgan fingerprint density at radius 1 is 1.50 bits per heavy atom. The van der Waals surface area contributed by atoms with E-state index < -0.39 is 0 Å². The molecule has 0 aliphatic carbocycles. The topological polar surface area (TPSA) is 38.0 Å². The molecule has 0 atom stereocenters. The minimum Gasteiger partial charge on any atom is -0.380 e. The fourth-order valence-electron chi connectivity index (χ4n) is 1.17. The molecule has 78 valence electrons. The quantitative estimate of drug-likeness (QED) is 0.878. The van der Waals surface area contributed by atoms with Crippen LogP contribution in [0.5, 0.6) is 0 Å². The third-order valence-electron chi connectivity index (χ3n) is 1.83. The summed E-state index contributed by atoms with van der Waals surface area (Å²) in [6.45, 7) is 4.26. The van der Waals surface area contributed by atoms with E-state index in [2.05, 4.69) is 21.2 Å². The lowest BCUT2D eigenvalue weighted by Gasteiger charge is -2.13. The van der Waals surface area contributed by atoms with Crippen molar-refractivity contribution in [3.8, 4) is 0 Å². The van der Waals surface area contributed by atoms with Gasteiger partial charge >= 0.3 is 0 Å². The molecule has 0 aliphatic rings. The number of nitrogens with two attached hydrogens (primary N) is 1. The van der Waals surface area contributed by atoms with Crippen LogP contribution in [-0.4, -0.2) is 6.04 Å². The highest BCUT2D eigenvalue weighted by atomic mass is 79.9. The van der Waals surface area contributed by atoms with Crippen LogP contribution in [0.25, 0.3) is 0 Å². The number of hydrogen-bond donors (Lipinski definition) is 2. The standard InChI is InChI=1S/C10H14BrFN2/c1-6(2)14-8-4-3-7(5-13)9(11)10(8)12/h3-4,6,14H,5,13H2,1-2H3. The molecule has 0 fully saturated rings. The lowest BCUT2D eigenvalue weighted by atomic mass is 10.2. The molecule has 14 heavy (non-hydrogen) atoms. The normalized spacial score (nSPS) is 10.7. The van der Waals surface area contributed by atoms with E-state index in [0.717, 1.165) is 5.56 Å². The van der Waals surface area contributed by atoms with Gasteiger partial charge in [0.25, 0.3) is 0 Å². The van der Waals surface area contributed by atoms with E-state index in [9.17, 15) is 4.39 Å². The Morgan fingerprint density at radius 2 is 2.14 bits per heavy atom. The summed E-state index contributed by atoms with van der Waals surface area (Å²) in [5.41, 5.74) is 6.73. The van der Waals surface area contributed by atoms with Crippen LogP contribution in [0.4, 0.5) is 10.1 Å². The van der Waals surface area contributed by atoms with Gasteiger partial charge in [-0.1, -0.05) is 6.07 Å². The highest BCUT2D eigenvalue weighted by Gasteiger charge is 2.10. The molecule has 3 N–H and O–H groups in total. The Kier molecular flexibility index (Phi) is 3.89. The van der Waals surface area contributed by atoms with Crippen LogP contribution in [0.1, 0.15) is 19.4 Å². The molecule has 0 aromatic heterocycles. The summed E-state index contributed by atoms with van der Waals surface area (Å²) in [6.07, 6.45) is 0. The number of halogens is 2. The second-order valence-corrected chi connectivity index (χ2v) is 4.20. The fourth-order valence-corrected chi connectivity index (χ4v) is 1.68. The molecule has 0 spiro atoms. The van der Waals surface area contributed by atoms with Gasteiger partial charge in [-0.2, -0.15) is 0 Å². The van der Waals surface area contributed by atoms with Gasteiger partial charge in [-0.25, -0.2) is 4.39 Å². The summed E-state index contributed by atoms with van der Waals surface area (Å²) in [5.74, 6) is -0.276. The van der Waals surface area contributed by atoms with Crippen LogP contribution >= 0.6 is 15.9 Å². The second-order valence-electron chi connectivity index (χ2n) is 3.40. The third-order valence-corrected chi connectivity index (χ3v) is 2.68. The predicted octanol–water partition coefficient (Wildman–Crippen LogP) is 2.87. The van der Waals surface area contributed by atoms with Crippen LogP contribution in [0.2, 0.25) is 0 Å². The largest absolute Gasteiger partial charge is 0.380 e. The van der Waals surface area contributed by atoms with Crippen molar-refractivity contribution in [3.05, 3.63) is 28.0 Å². The highest BCUT2D eigenvalue weighted by Crippen LogP contribution is 2.27. The van der Waals surface area contributed by atoms with Gasteiger partial charge < -0.3 is 11.1 Å². The monoisotopic (exact) mass is 260 g/mol. The van der Waals surface area contributed by atoms with Crippen molar-refractivity contribution in [2.75, 3.05) is 5.32 Å². The summed E-state index contributed by atoms with van der Waals surface area (Å²) in [6, 6.07) is 3.74. The summed E-state index contributed by atoms with van der Waals surface area (Å²) >= 11 is 3.19. The molecule has 0 radical (unpaired) electrons. The van der Waals surface area contributed by atoms with Gasteiger partial charge in [0.1, 0.15) is 0 Å². The van der Waals surface area contributed by atoms with Gasteiger partial charge in [-0.05, 0) is 41.4 Å². The molecule has 0 bridgehead atoms. The van der Waals surface area contributed by atoms with E-state index in [1.165, 1.54) is 0 Å². The fraction of sp³-hybridized carbons (Fsp3) is 0.400. The summed E-state index contributed by atoms with van der Waals surface area (Å²) in [7, 11) is 0. The highest BCUT2D eigenvalue weighted by molar-refractivity contribution is 9.10. The molecule has 0 saturated carbocycles. The summed E-state index contributed by atoms with van der Waals surface area (Å²) in [4.78, 5) is 0. The zero-order valence-corrected chi connectivity index (χ0v) is 9.86. The summed E-state index contributed by atoms with van der Waals surface area (Å²) < 4.78 is 14.1. The molecule has 1 aromatic carbocycles. The van der Waals surface area contributed by atoms with Crippen LogP contribution in [0.15, 0.2) is 16.6 Å². The lowest BCUT2D eigenvalue weighted by Crippen LogP contribution is -2.12. The lowest BCUT2D eigenvalue weighted by molar-refractivity contribution is 0.618. The predicted molar refractivity (Wildman–Crippen MR) is 60.8 cm³/mol. The average Bonchev–Trinajstić information content (AvgIpc) is 2.13. The molecule has 0 aliphatic heterocycles. The zero-order valence-electron chi connectivity index (χ0n) is 8.27. The van der Waals surface area contributed by atoms with Crippen molar-refractivity contribution in [1.82, 2.24) is 0 Å². The molecule has 1 aromatic rings. The van der Waals surface area contributed by atoms with Crippen molar-refractivity contribution >= 4 is 21.6 Å². The number of anilines is 1. The Labute approximate surface area is 91.8 Å².